The minimum Gasteiger partial charge on any atom is -0.309 e. The molecule has 1 N–H and O–H groups in total. The Bertz CT molecular complexity index is 1330. The number of amides is 1. The minimum atomic E-state index is -4.55. The highest BCUT2D eigenvalue weighted by Gasteiger charge is 2.33. The second-order valence-corrected chi connectivity index (χ2v) is 7.90. The summed E-state index contributed by atoms with van der Waals surface area (Å²) in [5.41, 5.74) is 2.90. The van der Waals surface area contributed by atoms with Gasteiger partial charge in [-0.05, 0) is 61.5 Å². The number of pyridine rings is 2. The molecule has 10 heteroatoms. The largest absolute Gasteiger partial charge is 0.433 e. The first-order valence-electron chi connectivity index (χ1n) is 10.4. The van der Waals surface area contributed by atoms with Crippen molar-refractivity contribution in [1.82, 2.24) is 19.7 Å². The van der Waals surface area contributed by atoms with E-state index in [9.17, 15) is 18.0 Å². The molecule has 0 fully saturated rings. The van der Waals surface area contributed by atoms with E-state index in [4.69, 9.17) is 0 Å². The lowest BCUT2D eigenvalue weighted by molar-refractivity contribution is -0.141. The highest BCUT2D eigenvalue weighted by Crippen LogP contribution is 2.33. The number of carbonyl (C=O) groups is 1. The van der Waals surface area contributed by atoms with Crippen LogP contribution in [0.5, 0.6) is 0 Å². The fraction of sp³-hybridized carbons (Fsp3) is 0.250. The van der Waals surface area contributed by atoms with Crippen molar-refractivity contribution in [2.24, 2.45) is 4.99 Å². The fourth-order valence-corrected chi connectivity index (χ4v) is 3.83. The number of hydrogen-bond acceptors (Lipinski definition) is 5. The van der Waals surface area contributed by atoms with Crippen molar-refractivity contribution >= 4 is 17.6 Å². The maximum absolute atomic E-state index is 13.1. The molecule has 3 aromatic heterocycles. The number of hydrogen-bond donors (Lipinski definition) is 1. The summed E-state index contributed by atoms with van der Waals surface area (Å²) in [5, 5.41) is 7.08. The predicted molar refractivity (Wildman–Crippen MR) is 121 cm³/mol. The van der Waals surface area contributed by atoms with Gasteiger partial charge in [-0.2, -0.15) is 18.3 Å². The molecule has 1 aliphatic rings. The SMILES string of the molecule is CC1=C=NC=CC1c1ccc(NC(=O)Cn2nc(C)c(-c3ccnc(C(F)(F)F)c3)c2C)nc1. The van der Waals surface area contributed by atoms with E-state index < -0.39 is 11.9 Å². The molecule has 0 radical (unpaired) electrons. The molecule has 1 aliphatic heterocycles. The molecule has 0 spiro atoms. The summed E-state index contributed by atoms with van der Waals surface area (Å²) in [6.07, 6.45) is 1.88. The van der Waals surface area contributed by atoms with Gasteiger partial charge < -0.3 is 5.32 Å². The summed E-state index contributed by atoms with van der Waals surface area (Å²) >= 11 is 0. The Morgan fingerprint density at radius 2 is 1.97 bits per heavy atom. The van der Waals surface area contributed by atoms with Crippen molar-refractivity contribution in [1.29, 1.82) is 0 Å². The number of nitrogens with zero attached hydrogens (tertiary/aromatic N) is 5. The van der Waals surface area contributed by atoms with Crippen molar-refractivity contribution in [3.8, 4) is 11.1 Å². The molecule has 1 atom stereocenters. The Hall–Kier alpha value is -4.04. The molecule has 7 nitrogen and oxygen atoms in total. The van der Waals surface area contributed by atoms with Crippen LogP contribution in [0.1, 0.15) is 35.5 Å². The van der Waals surface area contributed by atoms with Gasteiger partial charge in [0.05, 0.1) is 5.69 Å². The van der Waals surface area contributed by atoms with Gasteiger partial charge in [0.1, 0.15) is 18.1 Å². The molecule has 1 amide bonds. The molecular formula is C24H21F3N6O. The Kier molecular flexibility index (Phi) is 6.17. The minimum absolute atomic E-state index is 0.0360. The van der Waals surface area contributed by atoms with Gasteiger partial charge in [0.2, 0.25) is 5.91 Å². The number of aryl methyl sites for hydroxylation is 1. The van der Waals surface area contributed by atoms with E-state index in [0.29, 0.717) is 28.3 Å². The summed E-state index contributed by atoms with van der Waals surface area (Å²) in [5.74, 6) is 2.99. The van der Waals surface area contributed by atoms with Gasteiger partial charge in [-0.1, -0.05) is 12.1 Å². The van der Waals surface area contributed by atoms with Crippen LogP contribution < -0.4 is 5.32 Å². The van der Waals surface area contributed by atoms with Crippen molar-refractivity contribution in [2.45, 2.75) is 39.4 Å². The van der Waals surface area contributed by atoms with Gasteiger partial charge in [0.15, 0.2) is 0 Å². The van der Waals surface area contributed by atoms with Crippen LogP contribution >= 0.6 is 0 Å². The van der Waals surface area contributed by atoms with Crippen LogP contribution in [0.15, 0.2) is 59.5 Å². The second kappa shape index (κ2) is 9.07. The van der Waals surface area contributed by atoms with Crippen molar-refractivity contribution in [3.63, 3.8) is 0 Å². The van der Waals surface area contributed by atoms with Gasteiger partial charge >= 0.3 is 6.18 Å². The molecule has 4 rings (SSSR count). The van der Waals surface area contributed by atoms with E-state index in [1.54, 1.807) is 32.3 Å². The molecule has 0 saturated carbocycles. The Balaban J connectivity index is 1.48. The number of allylic oxidation sites excluding steroid dienone is 2. The van der Waals surface area contributed by atoms with Crippen molar-refractivity contribution < 1.29 is 18.0 Å². The number of rotatable bonds is 5. The van der Waals surface area contributed by atoms with E-state index in [0.717, 1.165) is 23.4 Å². The lowest BCUT2D eigenvalue weighted by atomic mass is 9.93. The molecule has 0 aromatic carbocycles. The van der Waals surface area contributed by atoms with Gasteiger partial charge in [0, 0.05) is 35.8 Å². The van der Waals surface area contributed by atoms with E-state index >= 15 is 0 Å². The standard InChI is InChI=1S/C24H21F3N6O/c1-14-11-28-8-7-19(14)18-4-5-21(30-12-18)31-22(34)13-33-16(3)23(15(2)32-33)17-6-9-29-20(10-17)24(25,26)27/h4-10,12,19H,13H2,1-3H3,(H,30,31,34). The van der Waals surface area contributed by atoms with E-state index in [-0.39, 0.29) is 18.4 Å². The average molecular weight is 466 g/mol. The molecule has 34 heavy (non-hydrogen) atoms. The molecule has 174 valence electrons. The number of nitrogens with one attached hydrogen (secondary N) is 1. The van der Waals surface area contributed by atoms with Crippen LogP contribution in [0.2, 0.25) is 0 Å². The third kappa shape index (κ3) is 4.82. The monoisotopic (exact) mass is 466 g/mol. The van der Waals surface area contributed by atoms with Crippen LogP contribution in [0.4, 0.5) is 19.0 Å². The van der Waals surface area contributed by atoms with Crippen molar-refractivity contribution in [2.75, 3.05) is 5.32 Å². The Labute approximate surface area is 193 Å². The van der Waals surface area contributed by atoms with Crippen LogP contribution in [0.3, 0.4) is 0 Å². The maximum Gasteiger partial charge on any atom is 0.433 e. The first-order chi connectivity index (χ1) is 16.1. The first-order valence-corrected chi connectivity index (χ1v) is 10.4. The second-order valence-electron chi connectivity index (χ2n) is 7.90. The van der Waals surface area contributed by atoms with Crippen LogP contribution in [0.25, 0.3) is 11.1 Å². The van der Waals surface area contributed by atoms with Gasteiger partial charge in [-0.15, -0.1) is 0 Å². The molecule has 1 unspecified atom stereocenters. The number of anilines is 1. The summed E-state index contributed by atoms with van der Waals surface area (Å²) in [7, 11) is 0. The molecular weight excluding hydrogens is 445 g/mol. The zero-order chi connectivity index (χ0) is 24.5. The first kappa shape index (κ1) is 23.1. The van der Waals surface area contributed by atoms with Crippen LogP contribution in [-0.2, 0) is 17.5 Å². The maximum atomic E-state index is 13.1. The van der Waals surface area contributed by atoms with Gasteiger partial charge in [-0.3, -0.25) is 14.5 Å². The fourth-order valence-electron chi connectivity index (χ4n) is 3.83. The summed E-state index contributed by atoms with van der Waals surface area (Å²) < 4.78 is 40.7. The smallest absolute Gasteiger partial charge is 0.309 e. The summed E-state index contributed by atoms with van der Waals surface area (Å²) in [4.78, 5) is 24.3. The Morgan fingerprint density at radius 3 is 2.65 bits per heavy atom. The van der Waals surface area contributed by atoms with E-state index in [1.165, 1.54) is 10.7 Å². The summed E-state index contributed by atoms with van der Waals surface area (Å²) in [6, 6.07) is 6.06. The molecule has 0 saturated heterocycles. The molecule has 0 bridgehead atoms. The Morgan fingerprint density at radius 1 is 1.18 bits per heavy atom. The highest BCUT2D eigenvalue weighted by molar-refractivity contribution is 5.89. The normalized spacial score (nSPS) is 15.4. The highest BCUT2D eigenvalue weighted by atomic mass is 19.4. The summed E-state index contributed by atoms with van der Waals surface area (Å²) in [6.45, 7) is 5.22. The number of carbonyl (C=O) groups excluding carboxylic acids is 1. The molecule has 0 aliphatic carbocycles. The average Bonchev–Trinajstić information content (AvgIpc) is 3.07. The van der Waals surface area contributed by atoms with E-state index in [1.807, 2.05) is 19.1 Å². The number of halogens is 3. The lowest BCUT2D eigenvalue weighted by Crippen LogP contribution is -2.21. The van der Waals surface area contributed by atoms with Gasteiger partial charge in [0.25, 0.3) is 0 Å². The molecule has 3 aromatic rings. The van der Waals surface area contributed by atoms with E-state index in [2.05, 4.69) is 31.2 Å². The zero-order valence-electron chi connectivity index (χ0n) is 18.7. The predicted octanol–water partition coefficient (Wildman–Crippen LogP) is 4.84. The number of aromatic nitrogens is 4. The number of alkyl halides is 3. The molecule has 4 heterocycles. The van der Waals surface area contributed by atoms with Crippen LogP contribution in [0, 0.1) is 13.8 Å². The quantitative estimate of drug-likeness (QED) is 0.583. The van der Waals surface area contributed by atoms with Gasteiger partial charge in [-0.25, -0.2) is 9.98 Å². The van der Waals surface area contributed by atoms with Crippen molar-refractivity contribution in [3.05, 3.63) is 77.2 Å². The third-order valence-electron chi connectivity index (χ3n) is 5.49. The third-order valence-corrected chi connectivity index (χ3v) is 5.49. The topological polar surface area (TPSA) is 85.1 Å². The number of aliphatic imine (C=N–C) groups is 1. The lowest BCUT2D eigenvalue weighted by Gasteiger charge is -2.14. The van der Waals surface area contributed by atoms with Crippen LogP contribution in [-0.4, -0.2) is 31.5 Å². The zero-order valence-corrected chi connectivity index (χ0v) is 18.7.